The van der Waals surface area contributed by atoms with Crippen molar-refractivity contribution in [2.24, 2.45) is 5.73 Å². The fourth-order valence-corrected chi connectivity index (χ4v) is 1.52. The van der Waals surface area contributed by atoms with Crippen molar-refractivity contribution >= 4 is 27.6 Å². The molecule has 0 amide bonds. The number of rotatable bonds is 2. The SMILES string of the molecule is CCN(C(=N)N)c1cccc(Br)c1. The molecule has 0 radical (unpaired) electrons. The van der Waals surface area contributed by atoms with Gasteiger partial charge in [-0.05, 0) is 25.1 Å². The second-order valence-corrected chi connectivity index (χ2v) is 3.53. The van der Waals surface area contributed by atoms with E-state index < -0.39 is 0 Å². The summed E-state index contributed by atoms with van der Waals surface area (Å²) >= 11 is 3.37. The van der Waals surface area contributed by atoms with Gasteiger partial charge in [-0.25, -0.2) is 0 Å². The number of halogens is 1. The zero-order chi connectivity index (χ0) is 9.84. The summed E-state index contributed by atoms with van der Waals surface area (Å²) in [5, 5.41) is 7.35. The normalized spacial score (nSPS) is 9.69. The Hall–Kier alpha value is -1.03. The molecular formula is C9H12BrN3. The Bertz CT molecular complexity index is 311. The quantitative estimate of drug-likeness (QED) is 0.616. The molecule has 1 rings (SSSR count). The Morgan fingerprint density at radius 2 is 2.31 bits per heavy atom. The lowest BCUT2D eigenvalue weighted by atomic mass is 10.3. The van der Waals surface area contributed by atoms with E-state index in [1.54, 1.807) is 4.90 Å². The van der Waals surface area contributed by atoms with E-state index in [0.717, 1.165) is 10.2 Å². The molecule has 0 heterocycles. The minimum absolute atomic E-state index is 0.0700. The van der Waals surface area contributed by atoms with Crippen molar-refractivity contribution in [1.29, 1.82) is 5.41 Å². The van der Waals surface area contributed by atoms with Gasteiger partial charge in [-0.1, -0.05) is 22.0 Å². The molecule has 0 atom stereocenters. The van der Waals surface area contributed by atoms with Crippen molar-refractivity contribution in [3.8, 4) is 0 Å². The maximum Gasteiger partial charge on any atom is 0.192 e. The van der Waals surface area contributed by atoms with Crippen molar-refractivity contribution in [1.82, 2.24) is 0 Å². The van der Waals surface area contributed by atoms with E-state index in [0.29, 0.717) is 6.54 Å². The Morgan fingerprint density at radius 1 is 1.62 bits per heavy atom. The molecule has 0 spiro atoms. The molecule has 0 fully saturated rings. The molecule has 3 N–H and O–H groups in total. The van der Waals surface area contributed by atoms with Crippen LogP contribution in [0.25, 0.3) is 0 Å². The lowest BCUT2D eigenvalue weighted by Crippen LogP contribution is -2.36. The molecule has 13 heavy (non-hydrogen) atoms. The molecule has 0 bridgehead atoms. The summed E-state index contributed by atoms with van der Waals surface area (Å²) in [6, 6.07) is 7.73. The lowest BCUT2D eigenvalue weighted by Gasteiger charge is -2.20. The predicted molar refractivity (Wildman–Crippen MR) is 59.1 cm³/mol. The van der Waals surface area contributed by atoms with E-state index in [2.05, 4.69) is 15.9 Å². The van der Waals surface area contributed by atoms with E-state index >= 15 is 0 Å². The van der Waals surface area contributed by atoms with Crippen LogP contribution >= 0.6 is 15.9 Å². The number of nitrogens with two attached hydrogens (primary N) is 1. The molecule has 0 aliphatic carbocycles. The van der Waals surface area contributed by atoms with Crippen LogP contribution in [0.5, 0.6) is 0 Å². The van der Waals surface area contributed by atoms with Crippen molar-refractivity contribution < 1.29 is 0 Å². The van der Waals surface area contributed by atoms with Crippen molar-refractivity contribution in [3.05, 3.63) is 28.7 Å². The third kappa shape index (κ3) is 2.45. The second kappa shape index (κ2) is 4.28. The van der Waals surface area contributed by atoms with Gasteiger partial charge in [-0.2, -0.15) is 0 Å². The van der Waals surface area contributed by atoms with E-state index in [9.17, 15) is 0 Å². The van der Waals surface area contributed by atoms with Gasteiger partial charge in [0.15, 0.2) is 5.96 Å². The largest absolute Gasteiger partial charge is 0.370 e. The number of hydrogen-bond acceptors (Lipinski definition) is 1. The third-order valence-corrected chi connectivity index (χ3v) is 2.22. The Morgan fingerprint density at radius 3 is 2.77 bits per heavy atom. The molecule has 0 aromatic heterocycles. The van der Waals surface area contributed by atoms with Crippen LogP contribution in [-0.2, 0) is 0 Å². The Labute approximate surface area is 86.2 Å². The zero-order valence-electron chi connectivity index (χ0n) is 7.42. The summed E-state index contributed by atoms with van der Waals surface area (Å²) in [5.74, 6) is 0.0700. The molecule has 4 heteroatoms. The molecule has 0 aliphatic heterocycles. The number of anilines is 1. The van der Waals surface area contributed by atoms with Crippen molar-refractivity contribution in [3.63, 3.8) is 0 Å². The van der Waals surface area contributed by atoms with E-state index in [4.69, 9.17) is 11.1 Å². The molecule has 3 nitrogen and oxygen atoms in total. The number of nitrogens with zero attached hydrogens (tertiary/aromatic N) is 1. The molecule has 70 valence electrons. The smallest absolute Gasteiger partial charge is 0.192 e. The van der Waals surface area contributed by atoms with Crippen LogP contribution in [0.2, 0.25) is 0 Å². The van der Waals surface area contributed by atoms with Crippen LogP contribution in [0, 0.1) is 5.41 Å². The summed E-state index contributed by atoms with van der Waals surface area (Å²) in [5.41, 5.74) is 6.36. The van der Waals surface area contributed by atoms with Gasteiger partial charge in [-0.3, -0.25) is 5.41 Å². The van der Waals surface area contributed by atoms with Gasteiger partial charge < -0.3 is 10.6 Å². The van der Waals surface area contributed by atoms with Crippen LogP contribution in [0.1, 0.15) is 6.92 Å². The van der Waals surface area contributed by atoms with Crippen molar-refractivity contribution in [2.75, 3.05) is 11.4 Å². The van der Waals surface area contributed by atoms with Crippen LogP contribution < -0.4 is 10.6 Å². The summed E-state index contributed by atoms with van der Waals surface area (Å²) in [6.07, 6.45) is 0. The number of benzene rings is 1. The fourth-order valence-electron chi connectivity index (χ4n) is 1.14. The highest BCUT2D eigenvalue weighted by atomic mass is 79.9. The highest BCUT2D eigenvalue weighted by Crippen LogP contribution is 2.19. The molecule has 0 unspecified atom stereocenters. The summed E-state index contributed by atoms with van der Waals surface area (Å²) in [4.78, 5) is 1.73. The Balaban J connectivity index is 2.98. The molecular weight excluding hydrogens is 230 g/mol. The molecule has 1 aromatic rings. The number of nitrogens with one attached hydrogen (secondary N) is 1. The van der Waals surface area contributed by atoms with E-state index in [1.165, 1.54) is 0 Å². The van der Waals surface area contributed by atoms with Crippen LogP contribution in [-0.4, -0.2) is 12.5 Å². The molecule has 1 aromatic carbocycles. The maximum absolute atomic E-state index is 7.35. The van der Waals surface area contributed by atoms with Gasteiger partial charge in [0.05, 0.1) is 0 Å². The monoisotopic (exact) mass is 241 g/mol. The summed E-state index contributed by atoms with van der Waals surface area (Å²) in [6.45, 7) is 2.66. The van der Waals surface area contributed by atoms with E-state index in [-0.39, 0.29) is 5.96 Å². The number of guanidine groups is 1. The Kier molecular flexibility index (Phi) is 3.31. The van der Waals surface area contributed by atoms with Gasteiger partial charge in [0, 0.05) is 16.7 Å². The van der Waals surface area contributed by atoms with Gasteiger partial charge >= 0.3 is 0 Å². The minimum atomic E-state index is 0.0700. The maximum atomic E-state index is 7.35. The average molecular weight is 242 g/mol. The first-order valence-corrected chi connectivity index (χ1v) is 4.81. The van der Waals surface area contributed by atoms with Crippen LogP contribution in [0.4, 0.5) is 5.69 Å². The topological polar surface area (TPSA) is 53.1 Å². The molecule has 0 aliphatic rings. The first-order valence-electron chi connectivity index (χ1n) is 4.02. The summed E-state index contributed by atoms with van der Waals surface area (Å²) in [7, 11) is 0. The first-order chi connectivity index (χ1) is 6.15. The zero-order valence-corrected chi connectivity index (χ0v) is 9.01. The highest BCUT2D eigenvalue weighted by Gasteiger charge is 2.06. The predicted octanol–water partition coefficient (Wildman–Crippen LogP) is 2.17. The third-order valence-electron chi connectivity index (χ3n) is 1.73. The van der Waals surface area contributed by atoms with Gasteiger partial charge in [-0.15, -0.1) is 0 Å². The van der Waals surface area contributed by atoms with Gasteiger partial charge in [0.2, 0.25) is 0 Å². The summed E-state index contributed by atoms with van der Waals surface area (Å²) < 4.78 is 0.990. The standard InChI is InChI=1S/C9H12BrN3/c1-2-13(9(11)12)8-5-3-4-7(10)6-8/h3-6H,2H2,1H3,(H3,11,12). The van der Waals surface area contributed by atoms with Gasteiger partial charge in [0.1, 0.15) is 0 Å². The molecule has 0 saturated heterocycles. The van der Waals surface area contributed by atoms with Gasteiger partial charge in [0.25, 0.3) is 0 Å². The minimum Gasteiger partial charge on any atom is -0.370 e. The van der Waals surface area contributed by atoms with E-state index in [1.807, 2.05) is 31.2 Å². The lowest BCUT2D eigenvalue weighted by molar-refractivity contribution is 1.03. The molecule has 0 saturated carbocycles. The highest BCUT2D eigenvalue weighted by molar-refractivity contribution is 9.10. The van der Waals surface area contributed by atoms with Crippen molar-refractivity contribution in [2.45, 2.75) is 6.92 Å². The van der Waals surface area contributed by atoms with Crippen LogP contribution in [0.15, 0.2) is 28.7 Å². The number of hydrogen-bond donors (Lipinski definition) is 2. The average Bonchev–Trinajstić information content (AvgIpc) is 2.04. The second-order valence-electron chi connectivity index (χ2n) is 2.61. The first kappa shape index (κ1) is 10.1. The fraction of sp³-hybridized carbons (Fsp3) is 0.222. The van der Waals surface area contributed by atoms with Crippen LogP contribution in [0.3, 0.4) is 0 Å².